The van der Waals surface area contributed by atoms with E-state index in [2.05, 4.69) is 9.40 Å². The standard InChI is InChI=1S/C8H8F3NO2/c1-4(2)6-7(8(9,10)11)14-5(3-13)12-6/h3-4H,1-2H3. The molecule has 3 nitrogen and oxygen atoms in total. The van der Waals surface area contributed by atoms with Gasteiger partial charge in [0.15, 0.2) is 0 Å². The van der Waals surface area contributed by atoms with Gasteiger partial charge in [0.1, 0.15) is 0 Å². The SMILES string of the molecule is CC(C)c1nc(C=O)oc1C(F)(F)F. The number of alkyl halides is 3. The van der Waals surface area contributed by atoms with E-state index in [0.29, 0.717) is 0 Å². The van der Waals surface area contributed by atoms with E-state index in [4.69, 9.17) is 0 Å². The first kappa shape index (κ1) is 10.7. The van der Waals surface area contributed by atoms with Crippen molar-refractivity contribution in [3.63, 3.8) is 0 Å². The summed E-state index contributed by atoms with van der Waals surface area (Å²) in [5.41, 5.74) is -0.236. The lowest BCUT2D eigenvalue weighted by Gasteiger charge is -2.06. The summed E-state index contributed by atoms with van der Waals surface area (Å²) in [7, 11) is 0. The average molecular weight is 207 g/mol. The van der Waals surface area contributed by atoms with E-state index in [-0.39, 0.29) is 12.0 Å². The van der Waals surface area contributed by atoms with E-state index in [1.807, 2.05) is 0 Å². The number of carbonyl (C=O) groups is 1. The fraction of sp³-hybridized carbons (Fsp3) is 0.500. The van der Waals surface area contributed by atoms with Crippen LogP contribution in [0.4, 0.5) is 13.2 Å². The van der Waals surface area contributed by atoms with E-state index in [1.165, 1.54) is 0 Å². The molecule has 0 atom stereocenters. The monoisotopic (exact) mass is 207 g/mol. The van der Waals surface area contributed by atoms with Gasteiger partial charge in [-0.05, 0) is 5.92 Å². The fourth-order valence-electron chi connectivity index (χ4n) is 0.994. The minimum atomic E-state index is -4.60. The molecule has 1 aromatic rings. The Morgan fingerprint density at radius 1 is 1.43 bits per heavy atom. The molecule has 0 N–H and O–H groups in total. The number of aromatic nitrogens is 1. The molecule has 0 unspecified atom stereocenters. The summed E-state index contributed by atoms with van der Waals surface area (Å²) in [5.74, 6) is -2.17. The third-order valence-electron chi connectivity index (χ3n) is 1.58. The fourth-order valence-corrected chi connectivity index (χ4v) is 0.994. The van der Waals surface area contributed by atoms with Crippen LogP contribution in [0.15, 0.2) is 4.42 Å². The van der Waals surface area contributed by atoms with Gasteiger partial charge in [-0.2, -0.15) is 13.2 Å². The molecule has 1 aromatic heterocycles. The molecule has 0 aliphatic rings. The van der Waals surface area contributed by atoms with Crippen LogP contribution >= 0.6 is 0 Å². The highest BCUT2D eigenvalue weighted by atomic mass is 19.4. The minimum Gasteiger partial charge on any atom is -0.429 e. The summed E-state index contributed by atoms with van der Waals surface area (Å²) in [6.45, 7) is 3.09. The third-order valence-corrected chi connectivity index (χ3v) is 1.58. The zero-order valence-electron chi connectivity index (χ0n) is 7.55. The van der Waals surface area contributed by atoms with E-state index in [9.17, 15) is 18.0 Å². The maximum atomic E-state index is 12.3. The first-order valence-corrected chi connectivity index (χ1v) is 3.89. The van der Waals surface area contributed by atoms with Crippen molar-refractivity contribution in [1.82, 2.24) is 4.98 Å². The molecule has 0 fully saturated rings. The summed E-state index contributed by atoms with van der Waals surface area (Å²) in [4.78, 5) is 13.6. The number of carbonyl (C=O) groups excluding carboxylic acids is 1. The molecule has 6 heteroatoms. The molecule has 78 valence electrons. The van der Waals surface area contributed by atoms with Gasteiger partial charge in [0.05, 0.1) is 5.69 Å². The Balaban J connectivity index is 3.26. The van der Waals surface area contributed by atoms with Crippen LogP contribution in [0.1, 0.15) is 41.9 Å². The zero-order valence-corrected chi connectivity index (χ0v) is 7.55. The second kappa shape index (κ2) is 3.43. The number of halogens is 3. The largest absolute Gasteiger partial charge is 0.451 e. The summed E-state index contributed by atoms with van der Waals surface area (Å²) in [6, 6.07) is 0. The molecule has 1 rings (SSSR count). The Morgan fingerprint density at radius 2 is 2.00 bits per heavy atom. The predicted molar refractivity (Wildman–Crippen MR) is 41.0 cm³/mol. The molecule has 0 saturated carbocycles. The summed E-state index contributed by atoms with van der Waals surface area (Å²) < 4.78 is 41.2. The molecule has 14 heavy (non-hydrogen) atoms. The van der Waals surface area contributed by atoms with E-state index >= 15 is 0 Å². The quantitative estimate of drug-likeness (QED) is 0.700. The van der Waals surface area contributed by atoms with E-state index in [0.717, 1.165) is 0 Å². The van der Waals surface area contributed by atoms with Crippen molar-refractivity contribution in [3.05, 3.63) is 17.3 Å². The van der Waals surface area contributed by atoms with Gasteiger partial charge in [0.2, 0.25) is 12.0 Å². The van der Waals surface area contributed by atoms with Crippen LogP contribution in [0, 0.1) is 0 Å². The van der Waals surface area contributed by atoms with Gasteiger partial charge in [0, 0.05) is 0 Å². The highest BCUT2D eigenvalue weighted by molar-refractivity contribution is 5.67. The Hall–Kier alpha value is -1.33. The van der Waals surface area contributed by atoms with E-state index < -0.39 is 23.7 Å². The van der Waals surface area contributed by atoms with Crippen molar-refractivity contribution in [2.24, 2.45) is 0 Å². The van der Waals surface area contributed by atoms with Crippen molar-refractivity contribution in [2.75, 3.05) is 0 Å². The van der Waals surface area contributed by atoms with Crippen molar-refractivity contribution in [2.45, 2.75) is 25.9 Å². The van der Waals surface area contributed by atoms with Gasteiger partial charge < -0.3 is 4.42 Å². The summed E-state index contributed by atoms with van der Waals surface area (Å²) in [5, 5.41) is 0. The van der Waals surface area contributed by atoms with Gasteiger partial charge in [-0.1, -0.05) is 13.8 Å². The molecule has 0 bridgehead atoms. The lowest BCUT2D eigenvalue weighted by atomic mass is 10.1. The number of aldehydes is 1. The van der Waals surface area contributed by atoms with Crippen molar-refractivity contribution in [1.29, 1.82) is 0 Å². The smallest absolute Gasteiger partial charge is 0.429 e. The van der Waals surface area contributed by atoms with E-state index in [1.54, 1.807) is 13.8 Å². The summed E-state index contributed by atoms with van der Waals surface area (Å²) >= 11 is 0. The van der Waals surface area contributed by atoms with Crippen LogP contribution in [0.3, 0.4) is 0 Å². The lowest BCUT2D eigenvalue weighted by molar-refractivity contribution is -0.154. The van der Waals surface area contributed by atoms with Crippen LogP contribution in [-0.2, 0) is 6.18 Å². The number of hydrogen-bond donors (Lipinski definition) is 0. The molecule has 1 heterocycles. The van der Waals surface area contributed by atoms with Crippen LogP contribution in [-0.4, -0.2) is 11.3 Å². The van der Waals surface area contributed by atoms with Crippen molar-refractivity contribution >= 4 is 6.29 Å². The molecule has 0 spiro atoms. The Bertz CT molecular complexity index is 341. The predicted octanol–water partition coefficient (Wildman–Crippen LogP) is 2.63. The van der Waals surface area contributed by atoms with Crippen molar-refractivity contribution < 1.29 is 22.4 Å². The number of rotatable bonds is 2. The van der Waals surface area contributed by atoms with Crippen molar-refractivity contribution in [3.8, 4) is 0 Å². The maximum absolute atomic E-state index is 12.3. The molecule has 0 aliphatic carbocycles. The zero-order chi connectivity index (χ0) is 10.9. The van der Waals surface area contributed by atoms with Gasteiger partial charge in [-0.25, -0.2) is 4.98 Å². The number of hydrogen-bond acceptors (Lipinski definition) is 3. The molecule has 0 radical (unpaired) electrons. The molecule has 0 aromatic carbocycles. The highest BCUT2D eigenvalue weighted by Gasteiger charge is 2.40. The Labute approximate surface area is 77.9 Å². The third kappa shape index (κ3) is 1.94. The highest BCUT2D eigenvalue weighted by Crippen LogP contribution is 2.35. The lowest BCUT2D eigenvalue weighted by Crippen LogP contribution is -2.08. The first-order valence-electron chi connectivity index (χ1n) is 3.89. The van der Waals surface area contributed by atoms with Crippen LogP contribution in [0.25, 0.3) is 0 Å². The van der Waals surface area contributed by atoms with Crippen LogP contribution < -0.4 is 0 Å². The first-order chi connectivity index (χ1) is 6.36. The van der Waals surface area contributed by atoms with Gasteiger partial charge in [-0.3, -0.25) is 4.79 Å². The van der Waals surface area contributed by atoms with Gasteiger partial charge in [-0.15, -0.1) is 0 Å². The topological polar surface area (TPSA) is 43.1 Å². The molecular formula is C8H8F3NO2. The molecule has 0 saturated heterocycles. The average Bonchev–Trinajstić information content (AvgIpc) is 2.46. The minimum absolute atomic E-state index is 0.154. The second-order valence-corrected chi connectivity index (χ2v) is 3.04. The van der Waals surface area contributed by atoms with Crippen LogP contribution in [0.2, 0.25) is 0 Å². The normalized spacial score (nSPS) is 12.1. The second-order valence-electron chi connectivity index (χ2n) is 3.04. The molecule has 0 amide bonds. The maximum Gasteiger partial charge on any atom is 0.451 e. The molecular weight excluding hydrogens is 199 g/mol. The number of nitrogens with zero attached hydrogens (tertiary/aromatic N) is 1. The summed E-state index contributed by atoms with van der Waals surface area (Å²) in [6.07, 6.45) is -4.45. The van der Waals surface area contributed by atoms with Gasteiger partial charge >= 0.3 is 6.18 Å². The molecule has 0 aliphatic heterocycles. The number of oxazole rings is 1. The van der Waals surface area contributed by atoms with Gasteiger partial charge in [0.25, 0.3) is 5.89 Å². The Kier molecular flexibility index (Phi) is 2.64. The Morgan fingerprint density at radius 3 is 2.29 bits per heavy atom. The van der Waals surface area contributed by atoms with Crippen LogP contribution in [0.5, 0.6) is 0 Å².